The lowest BCUT2D eigenvalue weighted by molar-refractivity contribution is 0.0950. The molecule has 6 nitrogen and oxygen atoms in total. The van der Waals surface area contributed by atoms with Gasteiger partial charge in [0, 0.05) is 36.0 Å². The minimum Gasteiger partial charge on any atom is -0.346 e. The van der Waals surface area contributed by atoms with Gasteiger partial charge in [-0.05, 0) is 24.3 Å². The third-order valence-corrected chi connectivity index (χ3v) is 2.98. The number of carbonyl (C=O) groups excluding carboxylic acids is 1. The summed E-state index contributed by atoms with van der Waals surface area (Å²) in [5, 5.41) is 2.81. The molecule has 0 fully saturated rings. The molecule has 0 saturated heterocycles. The molecule has 0 aliphatic heterocycles. The number of hydrogen-bond donors (Lipinski definition) is 1. The average molecular weight is 279 g/mol. The highest BCUT2D eigenvalue weighted by atomic mass is 16.1. The fourth-order valence-corrected chi connectivity index (χ4v) is 1.89. The van der Waals surface area contributed by atoms with E-state index in [1.54, 1.807) is 43.2 Å². The summed E-state index contributed by atoms with van der Waals surface area (Å²) >= 11 is 0. The molecule has 0 aliphatic carbocycles. The Morgan fingerprint density at radius 1 is 1.10 bits per heavy atom. The molecular weight excluding hydrogens is 266 g/mol. The second-order valence-corrected chi connectivity index (χ2v) is 4.40. The number of amides is 1. The molecule has 0 radical (unpaired) electrons. The molecule has 2 aromatic heterocycles. The Hall–Kier alpha value is -3.02. The molecule has 1 N–H and O–H groups in total. The van der Waals surface area contributed by atoms with Gasteiger partial charge in [-0.25, -0.2) is 4.98 Å². The molecule has 2 heterocycles. The number of aromatic nitrogens is 4. The molecule has 0 bridgehead atoms. The first-order chi connectivity index (χ1) is 10.3. The van der Waals surface area contributed by atoms with Crippen LogP contribution in [-0.4, -0.2) is 25.4 Å². The SMILES string of the molecule is O=C(NCc1cnccn1)c1ccc(-n2ccnc2)cc1. The van der Waals surface area contributed by atoms with E-state index in [-0.39, 0.29) is 5.91 Å². The molecule has 3 rings (SSSR count). The first kappa shape index (κ1) is 13.0. The molecule has 0 unspecified atom stereocenters. The van der Waals surface area contributed by atoms with Gasteiger partial charge in [-0.3, -0.25) is 14.8 Å². The highest BCUT2D eigenvalue weighted by Crippen LogP contribution is 2.09. The van der Waals surface area contributed by atoms with Crippen LogP contribution in [0.4, 0.5) is 0 Å². The monoisotopic (exact) mass is 279 g/mol. The van der Waals surface area contributed by atoms with Crippen LogP contribution in [0.25, 0.3) is 5.69 Å². The number of benzene rings is 1. The van der Waals surface area contributed by atoms with Gasteiger partial charge < -0.3 is 9.88 Å². The van der Waals surface area contributed by atoms with E-state index < -0.39 is 0 Å². The topological polar surface area (TPSA) is 72.7 Å². The standard InChI is InChI=1S/C15H13N5O/c21-15(19-10-13-9-16-5-6-18-13)12-1-3-14(4-2-12)20-8-7-17-11-20/h1-9,11H,10H2,(H,19,21). The molecule has 0 spiro atoms. The van der Waals surface area contributed by atoms with Crippen molar-refractivity contribution in [1.29, 1.82) is 0 Å². The van der Waals surface area contributed by atoms with E-state index in [4.69, 9.17) is 0 Å². The minimum absolute atomic E-state index is 0.141. The lowest BCUT2D eigenvalue weighted by Gasteiger charge is -2.06. The first-order valence-corrected chi connectivity index (χ1v) is 6.44. The number of nitrogens with one attached hydrogen (secondary N) is 1. The van der Waals surface area contributed by atoms with Gasteiger partial charge in [0.25, 0.3) is 5.91 Å². The van der Waals surface area contributed by atoms with Crippen LogP contribution < -0.4 is 5.32 Å². The molecule has 104 valence electrons. The third kappa shape index (κ3) is 3.11. The summed E-state index contributed by atoms with van der Waals surface area (Å²) in [6, 6.07) is 7.31. The molecule has 21 heavy (non-hydrogen) atoms. The van der Waals surface area contributed by atoms with E-state index in [2.05, 4.69) is 20.3 Å². The van der Waals surface area contributed by atoms with Gasteiger partial charge in [-0.15, -0.1) is 0 Å². The predicted octanol–water partition coefficient (Wildman–Crippen LogP) is 1.59. The number of nitrogens with zero attached hydrogens (tertiary/aromatic N) is 4. The summed E-state index contributed by atoms with van der Waals surface area (Å²) in [5.41, 5.74) is 2.28. The highest BCUT2D eigenvalue weighted by molar-refractivity contribution is 5.94. The Morgan fingerprint density at radius 3 is 2.62 bits per heavy atom. The zero-order valence-corrected chi connectivity index (χ0v) is 11.2. The fourth-order valence-electron chi connectivity index (χ4n) is 1.89. The zero-order valence-electron chi connectivity index (χ0n) is 11.2. The molecule has 1 aromatic carbocycles. The van der Waals surface area contributed by atoms with Gasteiger partial charge >= 0.3 is 0 Å². The van der Waals surface area contributed by atoms with E-state index >= 15 is 0 Å². The third-order valence-electron chi connectivity index (χ3n) is 2.98. The van der Waals surface area contributed by atoms with Crippen molar-refractivity contribution < 1.29 is 4.79 Å². The van der Waals surface area contributed by atoms with Crippen molar-refractivity contribution in [2.75, 3.05) is 0 Å². The van der Waals surface area contributed by atoms with E-state index in [0.717, 1.165) is 11.4 Å². The molecule has 0 atom stereocenters. The van der Waals surface area contributed by atoms with Crippen LogP contribution in [0.5, 0.6) is 0 Å². The second-order valence-electron chi connectivity index (χ2n) is 4.40. The predicted molar refractivity (Wildman–Crippen MR) is 76.8 cm³/mol. The maximum absolute atomic E-state index is 12.0. The van der Waals surface area contributed by atoms with Gasteiger partial charge in [0.15, 0.2) is 0 Å². The molecule has 6 heteroatoms. The largest absolute Gasteiger partial charge is 0.346 e. The maximum Gasteiger partial charge on any atom is 0.251 e. The molecule has 0 saturated carbocycles. The second kappa shape index (κ2) is 5.96. The van der Waals surface area contributed by atoms with Gasteiger partial charge in [0.05, 0.1) is 24.8 Å². The summed E-state index contributed by atoms with van der Waals surface area (Å²) in [5.74, 6) is -0.141. The Bertz CT molecular complexity index is 708. The van der Waals surface area contributed by atoms with Crippen molar-refractivity contribution in [2.24, 2.45) is 0 Å². The molecular formula is C15H13N5O. The summed E-state index contributed by atoms with van der Waals surface area (Å²) in [4.78, 5) is 24.1. The minimum atomic E-state index is -0.141. The van der Waals surface area contributed by atoms with Crippen molar-refractivity contribution in [1.82, 2.24) is 24.8 Å². The van der Waals surface area contributed by atoms with Crippen molar-refractivity contribution in [3.63, 3.8) is 0 Å². The van der Waals surface area contributed by atoms with Crippen molar-refractivity contribution >= 4 is 5.91 Å². The number of rotatable bonds is 4. The van der Waals surface area contributed by atoms with Crippen molar-refractivity contribution in [3.05, 3.63) is 72.8 Å². The lowest BCUT2D eigenvalue weighted by Crippen LogP contribution is -2.23. The lowest BCUT2D eigenvalue weighted by atomic mass is 10.2. The van der Waals surface area contributed by atoms with Crippen LogP contribution >= 0.6 is 0 Å². The maximum atomic E-state index is 12.0. The van der Waals surface area contributed by atoms with E-state index in [1.165, 1.54) is 0 Å². The van der Waals surface area contributed by atoms with Gasteiger partial charge in [-0.1, -0.05) is 0 Å². The first-order valence-electron chi connectivity index (χ1n) is 6.44. The number of imidazole rings is 1. The van der Waals surface area contributed by atoms with Crippen LogP contribution in [-0.2, 0) is 6.54 Å². The number of hydrogen-bond acceptors (Lipinski definition) is 4. The molecule has 1 amide bonds. The van der Waals surface area contributed by atoms with Gasteiger partial charge in [-0.2, -0.15) is 0 Å². The van der Waals surface area contributed by atoms with Gasteiger partial charge in [0.2, 0.25) is 0 Å². The van der Waals surface area contributed by atoms with Gasteiger partial charge in [0.1, 0.15) is 0 Å². The van der Waals surface area contributed by atoms with E-state index in [9.17, 15) is 4.79 Å². The van der Waals surface area contributed by atoms with Crippen LogP contribution in [0.15, 0.2) is 61.6 Å². The normalized spacial score (nSPS) is 10.3. The highest BCUT2D eigenvalue weighted by Gasteiger charge is 2.06. The summed E-state index contributed by atoms with van der Waals surface area (Å²) in [6.07, 6.45) is 10.1. The van der Waals surface area contributed by atoms with Crippen molar-refractivity contribution in [2.45, 2.75) is 6.54 Å². The molecule has 3 aromatic rings. The summed E-state index contributed by atoms with van der Waals surface area (Å²) in [6.45, 7) is 0.357. The Morgan fingerprint density at radius 2 is 1.95 bits per heavy atom. The fraction of sp³-hybridized carbons (Fsp3) is 0.0667. The van der Waals surface area contributed by atoms with Crippen LogP contribution in [0, 0.1) is 0 Å². The Kier molecular flexibility index (Phi) is 3.68. The van der Waals surface area contributed by atoms with E-state index in [0.29, 0.717) is 12.1 Å². The number of carbonyl (C=O) groups is 1. The van der Waals surface area contributed by atoms with Crippen LogP contribution in [0.2, 0.25) is 0 Å². The van der Waals surface area contributed by atoms with E-state index in [1.807, 2.05) is 22.9 Å². The summed E-state index contributed by atoms with van der Waals surface area (Å²) in [7, 11) is 0. The van der Waals surface area contributed by atoms with Crippen molar-refractivity contribution in [3.8, 4) is 5.69 Å². The average Bonchev–Trinajstić information content (AvgIpc) is 3.08. The Labute approximate surface area is 121 Å². The zero-order chi connectivity index (χ0) is 14.5. The Balaban J connectivity index is 1.65. The smallest absolute Gasteiger partial charge is 0.251 e. The quantitative estimate of drug-likeness (QED) is 0.787. The summed E-state index contributed by atoms with van der Waals surface area (Å²) < 4.78 is 1.88. The van der Waals surface area contributed by atoms with Crippen LogP contribution in [0.3, 0.4) is 0 Å². The van der Waals surface area contributed by atoms with Crippen LogP contribution in [0.1, 0.15) is 16.1 Å². The molecule has 0 aliphatic rings.